The first-order valence-corrected chi connectivity index (χ1v) is 9.71. The van der Waals surface area contributed by atoms with Crippen molar-refractivity contribution in [3.63, 3.8) is 0 Å². The minimum Gasteiger partial charge on any atom is -0.334 e. The molecule has 0 spiro atoms. The molecule has 23 heavy (non-hydrogen) atoms. The van der Waals surface area contributed by atoms with E-state index in [0.29, 0.717) is 12.1 Å². The van der Waals surface area contributed by atoms with Gasteiger partial charge in [-0.05, 0) is 30.9 Å². The Morgan fingerprint density at radius 1 is 1.22 bits per heavy atom. The molecule has 0 aliphatic carbocycles. The Morgan fingerprint density at radius 3 is 2.74 bits per heavy atom. The number of likely N-dealkylation sites (tertiary alicyclic amines) is 1. The summed E-state index contributed by atoms with van der Waals surface area (Å²) in [6.45, 7) is 5.86. The van der Waals surface area contributed by atoms with Crippen molar-refractivity contribution in [3.05, 3.63) is 36.5 Å². The number of pyridine rings is 1. The van der Waals surface area contributed by atoms with Gasteiger partial charge in [0.25, 0.3) is 0 Å². The highest BCUT2D eigenvalue weighted by Gasteiger charge is 2.21. The second-order valence-corrected chi connectivity index (χ2v) is 8.15. The SMILES string of the molecule is CC1CC[NH+](CCNS(=O)(=O)c2cccc3cccnc23)CC1. The maximum absolute atomic E-state index is 12.6. The number of sulfonamides is 1. The number of benzene rings is 1. The van der Waals surface area contributed by atoms with Gasteiger partial charge in [-0.1, -0.05) is 25.1 Å². The van der Waals surface area contributed by atoms with Crippen molar-refractivity contribution < 1.29 is 13.3 Å². The van der Waals surface area contributed by atoms with E-state index in [1.54, 1.807) is 18.3 Å². The van der Waals surface area contributed by atoms with Gasteiger partial charge in [-0.3, -0.25) is 4.98 Å². The predicted octanol–water partition coefficient (Wildman–Crippen LogP) is 0.828. The molecule has 0 saturated carbocycles. The molecular weight excluding hydrogens is 310 g/mol. The highest BCUT2D eigenvalue weighted by Crippen LogP contribution is 2.20. The van der Waals surface area contributed by atoms with Crippen molar-refractivity contribution in [1.29, 1.82) is 0 Å². The number of nitrogens with one attached hydrogen (secondary N) is 2. The van der Waals surface area contributed by atoms with E-state index in [2.05, 4.69) is 16.6 Å². The van der Waals surface area contributed by atoms with Crippen LogP contribution in [0.1, 0.15) is 19.8 Å². The average Bonchev–Trinajstić information content (AvgIpc) is 2.56. The first-order chi connectivity index (χ1) is 11.1. The van der Waals surface area contributed by atoms with Crippen molar-refractivity contribution in [3.8, 4) is 0 Å². The lowest BCUT2D eigenvalue weighted by molar-refractivity contribution is -0.904. The van der Waals surface area contributed by atoms with Crippen LogP contribution in [0.5, 0.6) is 0 Å². The maximum Gasteiger partial charge on any atom is 0.242 e. The Hall–Kier alpha value is -1.50. The largest absolute Gasteiger partial charge is 0.334 e. The highest BCUT2D eigenvalue weighted by molar-refractivity contribution is 7.89. The standard InChI is InChI=1S/C17H23N3O2S/c1-14-7-11-20(12-8-14)13-10-19-23(21,22)16-6-2-4-15-5-3-9-18-17(15)16/h2-6,9,14,19H,7-8,10-13H2,1H3/p+1. The molecule has 0 bridgehead atoms. The number of piperidine rings is 1. The summed E-state index contributed by atoms with van der Waals surface area (Å²) in [4.78, 5) is 5.98. The van der Waals surface area contributed by atoms with Crippen LogP contribution in [0.2, 0.25) is 0 Å². The van der Waals surface area contributed by atoms with Crippen LogP contribution in [0.25, 0.3) is 10.9 Å². The zero-order valence-electron chi connectivity index (χ0n) is 13.5. The monoisotopic (exact) mass is 334 g/mol. The molecule has 2 aromatic rings. The van der Waals surface area contributed by atoms with E-state index in [9.17, 15) is 8.42 Å². The van der Waals surface area contributed by atoms with Crippen LogP contribution >= 0.6 is 0 Å². The summed E-state index contributed by atoms with van der Waals surface area (Å²) < 4.78 is 27.9. The minimum atomic E-state index is -3.52. The summed E-state index contributed by atoms with van der Waals surface area (Å²) in [5.41, 5.74) is 0.529. The van der Waals surface area contributed by atoms with Gasteiger partial charge < -0.3 is 4.90 Å². The molecular formula is C17H24N3O2S+. The molecule has 0 radical (unpaired) electrons. The third-order valence-electron chi connectivity index (χ3n) is 4.64. The smallest absolute Gasteiger partial charge is 0.242 e. The number of hydrogen-bond donors (Lipinski definition) is 2. The Balaban J connectivity index is 1.67. The molecule has 1 aliphatic heterocycles. The Bertz CT molecular complexity index is 763. The number of hydrogen-bond acceptors (Lipinski definition) is 3. The van der Waals surface area contributed by atoms with Crippen LogP contribution < -0.4 is 9.62 Å². The van der Waals surface area contributed by atoms with Gasteiger partial charge in [-0.25, -0.2) is 13.1 Å². The number of aromatic nitrogens is 1. The van der Waals surface area contributed by atoms with E-state index >= 15 is 0 Å². The summed E-state index contributed by atoms with van der Waals surface area (Å²) in [7, 11) is -3.52. The van der Waals surface area contributed by atoms with Crippen LogP contribution in [-0.2, 0) is 10.0 Å². The molecule has 0 amide bonds. The van der Waals surface area contributed by atoms with E-state index in [0.717, 1.165) is 30.9 Å². The summed E-state index contributed by atoms with van der Waals surface area (Å²) in [6.07, 6.45) is 4.09. The lowest BCUT2D eigenvalue weighted by atomic mass is 9.99. The zero-order chi connectivity index (χ0) is 16.3. The van der Waals surface area contributed by atoms with Gasteiger partial charge in [0.2, 0.25) is 10.0 Å². The molecule has 6 heteroatoms. The molecule has 5 nitrogen and oxygen atoms in total. The minimum absolute atomic E-state index is 0.262. The van der Waals surface area contributed by atoms with Gasteiger partial charge in [0.15, 0.2) is 0 Å². The van der Waals surface area contributed by atoms with E-state index in [1.807, 2.05) is 18.2 Å². The van der Waals surface area contributed by atoms with Crippen molar-refractivity contribution in [2.75, 3.05) is 26.2 Å². The summed E-state index contributed by atoms with van der Waals surface area (Å²) in [6, 6.07) is 8.94. The molecule has 0 unspecified atom stereocenters. The fourth-order valence-corrected chi connectivity index (χ4v) is 4.36. The van der Waals surface area contributed by atoms with Gasteiger partial charge in [0.05, 0.1) is 31.7 Å². The molecule has 1 aliphatic rings. The summed E-state index contributed by atoms with van der Waals surface area (Å²) in [5, 5.41) is 0.839. The Morgan fingerprint density at radius 2 is 1.96 bits per heavy atom. The molecule has 124 valence electrons. The van der Waals surface area contributed by atoms with E-state index in [-0.39, 0.29) is 4.90 Å². The number of fused-ring (bicyclic) bond motifs is 1. The number of para-hydroxylation sites is 1. The number of rotatable bonds is 5. The lowest BCUT2D eigenvalue weighted by Gasteiger charge is -2.27. The molecule has 1 fully saturated rings. The normalized spacial score (nSPS) is 22.3. The van der Waals surface area contributed by atoms with Crippen molar-refractivity contribution in [2.45, 2.75) is 24.7 Å². The fourth-order valence-electron chi connectivity index (χ4n) is 3.15. The van der Waals surface area contributed by atoms with Gasteiger partial charge in [-0.2, -0.15) is 0 Å². The van der Waals surface area contributed by atoms with E-state index < -0.39 is 10.0 Å². The van der Waals surface area contributed by atoms with Gasteiger partial charge in [-0.15, -0.1) is 0 Å². The van der Waals surface area contributed by atoms with E-state index in [1.165, 1.54) is 17.7 Å². The number of quaternary nitrogens is 1. The highest BCUT2D eigenvalue weighted by atomic mass is 32.2. The number of nitrogens with zero attached hydrogens (tertiary/aromatic N) is 1. The molecule has 2 N–H and O–H groups in total. The first-order valence-electron chi connectivity index (χ1n) is 8.23. The quantitative estimate of drug-likeness (QED) is 0.851. The summed E-state index contributed by atoms with van der Waals surface area (Å²) >= 11 is 0. The molecule has 1 saturated heterocycles. The van der Waals surface area contributed by atoms with Gasteiger partial charge in [0, 0.05) is 11.6 Å². The predicted molar refractivity (Wildman–Crippen MR) is 90.9 cm³/mol. The third-order valence-corrected chi connectivity index (χ3v) is 6.13. The molecule has 1 aromatic heterocycles. The Kier molecular flexibility index (Phi) is 4.94. The first kappa shape index (κ1) is 16.4. The van der Waals surface area contributed by atoms with E-state index in [4.69, 9.17) is 0 Å². The topological polar surface area (TPSA) is 63.5 Å². The molecule has 1 aromatic carbocycles. The van der Waals surface area contributed by atoms with Crippen LogP contribution in [0.4, 0.5) is 0 Å². The second-order valence-electron chi connectivity index (χ2n) is 6.41. The molecule has 3 rings (SSSR count). The average molecular weight is 334 g/mol. The molecule has 0 atom stereocenters. The Labute approximate surface area is 137 Å². The lowest BCUT2D eigenvalue weighted by Crippen LogP contribution is -3.13. The van der Waals surface area contributed by atoms with Crippen LogP contribution in [0.3, 0.4) is 0 Å². The third kappa shape index (κ3) is 3.88. The van der Waals surface area contributed by atoms with Gasteiger partial charge >= 0.3 is 0 Å². The van der Waals surface area contributed by atoms with Crippen LogP contribution in [-0.4, -0.2) is 39.6 Å². The second kappa shape index (κ2) is 6.95. The fraction of sp³-hybridized carbons (Fsp3) is 0.471. The van der Waals surface area contributed by atoms with Gasteiger partial charge in [0.1, 0.15) is 4.90 Å². The zero-order valence-corrected chi connectivity index (χ0v) is 14.3. The molecule has 2 heterocycles. The maximum atomic E-state index is 12.6. The van der Waals surface area contributed by atoms with Crippen molar-refractivity contribution in [1.82, 2.24) is 9.71 Å². The van der Waals surface area contributed by atoms with Crippen LogP contribution in [0.15, 0.2) is 41.4 Å². The van der Waals surface area contributed by atoms with Crippen molar-refractivity contribution in [2.24, 2.45) is 5.92 Å². The summed E-state index contributed by atoms with van der Waals surface area (Å²) in [5.74, 6) is 0.803. The van der Waals surface area contributed by atoms with Crippen molar-refractivity contribution >= 4 is 20.9 Å². The van der Waals surface area contributed by atoms with Crippen LogP contribution in [0, 0.1) is 5.92 Å².